The lowest BCUT2D eigenvalue weighted by Gasteiger charge is -2.23. The van der Waals surface area contributed by atoms with Crippen molar-refractivity contribution in [2.24, 2.45) is 5.92 Å². The lowest BCUT2D eigenvalue weighted by Crippen LogP contribution is -2.26. The Balaban J connectivity index is 1.29. The van der Waals surface area contributed by atoms with Gasteiger partial charge in [-0.05, 0) is 61.4 Å². The molecule has 1 aromatic carbocycles. The molecular formula is C28H38FN3O4. The molecule has 2 fully saturated rings. The molecule has 1 aliphatic carbocycles. The summed E-state index contributed by atoms with van der Waals surface area (Å²) in [7, 11) is 0. The molecule has 0 bridgehead atoms. The Labute approximate surface area is 212 Å². The summed E-state index contributed by atoms with van der Waals surface area (Å²) < 4.78 is 19.7. The predicted molar refractivity (Wildman–Crippen MR) is 134 cm³/mol. The van der Waals surface area contributed by atoms with Gasteiger partial charge in [0.05, 0.1) is 6.04 Å². The van der Waals surface area contributed by atoms with Crippen molar-refractivity contribution in [3.63, 3.8) is 0 Å². The lowest BCUT2D eigenvalue weighted by atomic mass is 9.86. The third-order valence-electron chi connectivity index (χ3n) is 7.60. The molecule has 7 nitrogen and oxygen atoms in total. The van der Waals surface area contributed by atoms with Gasteiger partial charge in [-0.1, -0.05) is 51.0 Å². The molecule has 2 aliphatic rings. The molecule has 1 aliphatic heterocycles. The van der Waals surface area contributed by atoms with Crippen molar-refractivity contribution in [1.29, 1.82) is 0 Å². The van der Waals surface area contributed by atoms with Crippen LogP contribution in [0.2, 0.25) is 0 Å². The van der Waals surface area contributed by atoms with E-state index in [4.69, 9.17) is 9.52 Å². The van der Waals surface area contributed by atoms with Gasteiger partial charge < -0.3 is 14.8 Å². The number of nitrogens with one attached hydrogen (secondary N) is 1. The van der Waals surface area contributed by atoms with Gasteiger partial charge in [0.25, 0.3) is 5.91 Å². The molecule has 1 saturated heterocycles. The van der Waals surface area contributed by atoms with Gasteiger partial charge in [0, 0.05) is 19.5 Å². The number of amides is 1. The minimum absolute atomic E-state index is 0.000847. The second-order valence-electron chi connectivity index (χ2n) is 10.3. The Kier molecular flexibility index (Phi) is 9.50. The van der Waals surface area contributed by atoms with E-state index < -0.39 is 5.97 Å². The number of hydrogen-bond acceptors (Lipinski definition) is 5. The number of nitrogens with zero attached hydrogens (tertiary/aromatic N) is 2. The minimum atomic E-state index is -0.876. The monoisotopic (exact) mass is 499 g/mol. The SMILES string of the molecule is O=C(O)CCc1ccc(F)cc1CN1CCC[C@@H]1c1nc(C(=O)NCCCCC2CCCCC2)co1. The van der Waals surface area contributed by atoms with Crippen LogP contribution in [0.5, 0.6) is 0 Å². The second-order valence-corrected chi connectivity index (χ2v) is 10.3. The van der Waals surface area contributed by atoms with Crippen molar-refractivity contribution < 1.29 is 23.5 Å². The van der Waals surface area contributed by atoms with E-state index in [-0.39, 0.29) is 29.9 Å². The molecule has 1 aromatic heterocycles. The highest BCUT2D eigenvalue weighted by atomic mass is 19.1. The van der Waals surface area contributed by atoms with E-state index in [0.717, 1.165) is 49.3 Å². The van der Waals surface area contributed by atoms with E-state index in [1.165, 1.54) is 56.9 Å². The molecule has 1 amide bonds. The number of aliphatic carboxylic acids is 1. The number of hydrogen-bond donors (Lipinski definition) is 2. The van der Waals surface area contributed by atoms with Crippen molar-refractivity contribution in [1.82, 2.24) is 15.2 Å². The highest BCUT2D eigenvalue weighted by Crippen LogP contribution is 2.33. The number of benzene rings is 1. The van der Waals surface area contributed by atoms with Crippen molar-refractivity contribution in [2.75, 3.05) is 13.1 Å². The molecule has 4 rings (SSSR count). The largest absolute Gasteiger partial charge is 0.481 e. The zero-order chi connectivity index (χ0) is 25.3. The standard InChI is InChI=1S/C28H38FN3O4/c29-23-13-11-21(12-14-26(33)34)22(17-23)18-32-16-6-10-25(32)28-31-24(19-36-28)27(35)30-15-5-4-9-20-7-2-1-3-8-20/h11,13,17,19-20,25H,1-10,12,14-16,18H2,(H,30,35)(H,33,34)/t25-/m1/s1. The maximum Gasteiger partial charge on any atom is 0.303 e. The highest BCUT2D eigenvalue weighted by Gasteiger charge is 2.31. The van der Waals surface area contributed by atoms with Gasteiger partial charge in [-0.25, -0.2) is 9.37 Å². The number of likely N-dealkylation sites (tertiary alicyclic amines) is 1. The Morgan fingerprint density at radius 2 is 1.94 bits per heavy atom. The van der Waals surface area contributed by atoms with Gasteiger partial charge in [-0.3, -0.25) is 14.5 Å². The Morgan fingerprint density at radius 3 is 2.75 bits per heavy atom. The Hall–Kier alpha value is -2.74. The smallest absolute Gasteiger partial charge is 0.303 e. The van der Waals surface area contributed by atoms with E-state index in [1.54, 1.807) is 6.07 Å². The topological polar surface area (TPSA) is 95.7 Å². The van der Waals surface area contributed by atoms with Gasteiger partial charge in [-0.15, -0.1) is 0 Å². The number of carbonyl (C=O) groups excluding carboxylic acids is 1. The number of rotatable bonds is 12. The minimum Gasteiger partial charge on any atom is -0.481 e. The molecule has 2 N–H and O–H groups in total. The van der Waals surface area contributed by atoms with E-state index in [0.29, 0.717) is 25.4 Å². The van der Waals surface area contributed by atoms with E-state index in [9.17, 15) is 14.0 Å². The van der Waals surface area contributed by atoms with Crippen LogP contribution in [0.3, 0.4) is 0 Å². The van der Waals surface area contributed by atoms with Crippen molar-refractivity contribution in [3.05, 3.63) is 53.0 Å². The molecule has 0 radical (unpaired) electrons. The van der Waals surface area contributed by atoms with Gasteiger partial charge >= 0.3 is 5.97 Å². The first-order chi connectivity index (χ1) is 17.5. The summed E-state index contributed by atoms with van der Waals surface area (Å²) in [5.74, 6) is -0.0675. The van der Waals surface area contributed by atoms with Crippen molar-refractivity contribution >= 4 is 11.9 Å². The average Bonchev–Trinajstić information content (AvgIpc) is 3.53. The molecule has 8 heteroatoms. The molecular weight excluding hydrogens is 461 g/mol. The quantitative estimate of drug-likeness (QED) is 0.367. The summed E-state index contributed by atoms with van der Waals surface area (Å²) in [6.45, 7) is 1.91. The third kappa shape index (κ3) is 7.38. The molecule has 36 heavy (non-hydrogen) atoms. The Morgan fingerprint density at radius 1 is 1.11 bits per heavy atom. The molecule has 196 valence electrons. The lowest BCUT2D eigenvalue weighted by molar-refractivity contribution is -0.136. The molecule has 0 spiro atoms. The fourth-order valence-electron chi connectivity index (χ4n) is 5.61. The predicted octanol–water partition coefficient (Wildman–Crippen LogP) is 5.65. The summed E-state index contributed by atoms with van der Waals surface area (Å²) >= 11 is 0. The van der Waals surface area contributed by atoms with Gasteiger partial charge in [0.15, 0.2) is 5.69 Å². The van der Waals surface area contributed by atoms with Crippen LogP contribution < -0.4 is 5.32 Å². The first-order valence-electron chi connectivity index (χ1n) is 13.5. The van der Waals surface area contributed by atoms with Gasteiger partial charge in [0.1, 0.15) is 12.1 Å². The number of oxazole rings is 1. The number of carboxylic acid groups (broad SMARTS) is 1. The maximum atomic E-state index is 14.0. The fraction of sp³-hybridized carbons (Fsp3) is 0.607. The van der Waals surface area contributed by atoms with Crippen LogP contribution in [-0.4, -0.2) is 40.0 Å². The number of halogens is 1. The van der Waals surface area contributed by atoms with E-state index in [1.807, 2.05) is 0 Å². The maximum absolute atomic E-state index is 14.0. The van der Waals surface area contributed by atoms with Gasteiger partial charge in [0.2, 0.25) is 5.89 Å². The van der Waals surface area contributed by atoms with Crippen LogP contribution in [0.4, 0.5) is 4.39 Å². The summed E-state index contributed by atoms with van der Waals surface area (Å²) in [6, 6.07) is 4.42. The van der Waals surface area contributed by atoms with Gasteiger partial charge in [-0.2, -0.15) is 0 Å². The molecule has 2 heterocycles. The molecule has 2 aromatic rings. The first kappa shape index (κ1) is 26.3. The number of aromatic nitrogens is 1. The van der Waals surface area contributed by atoms with Crippen LogP contribution in [0.25, 0.3) is 0 Å². The third-order valence-corrected chi connectivity index (χ3v) is 7.60. The summed E-state index contributed by atoms with van der Waals surface area (Å²) in [5.41, 5.74) is 1.90. The molecule has 0 unspecified atom stereocenters. The summed E-state index contributed by atoms with van der Waals surface area (Å²) in [4.78, 5) is 30.2. The first-order valence-corrected chi connectivity index (χ1v) is 13.5. The van der Waals surface area contributed by atoms with Crippen LogP contribution in [0.15, 0.2) is 28.9 Å². The second kappa shape index (κ2) is 13.0. The number of aryl methyl sites for hydroxylation is 1. The molecule has 1 atom stereocenters. The Bertz CT molecular complexity index is 1020. The van der Waals surface area contributed by atoms with E-state index in [2.05, 4.69) is 15.2 Å². The number of carbonyl (C=O) groups is 2. The summed E-state index contributed by atoms with van der Waals surface area (Å²) in [6.07, 6.45) is 13.7. The van der Waals surface area contributed by atoms with Crippen LogP contribution >= 0.6 is 0 Å². The number of carboxylic acids is 1. The molecule has 1 saturated carbocycles. The summed E-state index contributed by atoms with van der Waals surface area (Å²) in [5, 5.41) is 12.0. The normalized spacial score (nSPS) is 19.0. The number of unbranched alkanes of at least 4 members (excludes halogenated alkanes) is 1. The van der Waals surface area contributed by atoms with Crippen LogP contribution in [0.1, 0.15) is 104 Å². The van der Waals surface area contributed by atoms with Crippen molar-refractivity contribution in [2.45, 2.75) is 89.6 Å². The fourth-order valence-corrected chi connectivity index (χ4v) is 5.61. The zero-order valence-electron chi connectivity index (χ0n) is 21.0. The van der Waals surface area contributed by atoms with Crippen molar-refractivity contribution in [3.8, 4) is 0 Å². The van der Waals surface area contributed by atoms with Crippen LogP contribution in [0, 0.1) is 11.7 Å². The zero-order valence-corrected chi connectivity index (χ0v) is 21.0. The van der Waals surface area contributed by atoms with E-state index >= 15 is 0 Å². The average molecular weight is 500 g/mol. The van der Waals surface area contributed by atoms with Crippen LogP contribution in [-0.2, 0) is 17.8 Å². The highest BCUT2D eigenvalue weighted by molar-refractivity contribution is 5.91.